The number of nitrogens with zero attached hydrogens (tertiary/aromatic N) is 1. The summed E-state index contributed by atoms with van der Waals surface area (Å²) in [4.78, 5) is 0.0407. The number of benzene rings is 2. The van der Waals surface area contributed by atoms with Gasteiger partial charge in [-0.2, -0.15) is 4.31 Å². The molecule has 6 nitrogen and oxygen atoms in total. The highest BCUT2D eigenvalue weighted by atomic mass is 32.2. The van der Waals surface area contributed by atoms with E-state index in [0.29, 0.717) is 24.9 Å². The SMILES string of the molecule is CC[C@H](C)NS(=O)(=O)c1ccc(S(=O)(=O)N(CCC2=CCCCC2)Cc2ccc(F)cc2)cc1. The van der Waals surface area contributed by atoms with Gasteiger partial charge in [0.2, 0.25) is 20.0 Å². The van der Waals surface area contributed by atoms with Crippen LogP contribution in [0.4, 0.5) is 4.39 Å². The topological polar surface area (TPSA) is 83.5 Å². The lowest BCUT2D eigenvalue weighted by molar-refractivity contribution is 0.405. The second-order valence-corrected chi connectivity index (χ2v) is 12.4. The van der Waals surface area contributed by atoms with Crippen LogP contribution < -0.4 is 4.72 Å². The van der Waals surface area contributed by atoms with Crippen molar-refractivity contribution >= 4 is 20.0 Å². The number of rotatable bonds is 11. The van der Waals surface area contributed by atoms with Crippen molar-refractivity contribution in [1.82, 2.24) is 9.03 Å². The van der Waals surface area contributed by atoms with Gasteiger partial charge in [-0.05, 0) is 87.4 Å². The van der Waals surface area contributed by atoms with Crippen molar-refractivity contribution in [1.29, 1.82) is 0 Å². The number of sulfonamides is 2. The van der Waals surface area contributed by atoms with Gasteiger partial charge < -0.3 is 0 Å². The van der Waals surface area contributed by atoms with Crippen molar-refractivity contribution in [3.63, 3.8) is 0 Å². The van der Waals surface area contributed by atoms with Crippen LogP contribution in [0.15, 0.2) is 70.0 Å². The van der Waals surface area contributed by atoms with Gasteiger partial charge in [0, 0.05) is 19.1 Å². The first-order valence-electron chi connectivity index (χ1n) is 11.7. The first-order chi connectivity index (χ1) is 16.1. The molecule has 2 aromatic carbocycles. The Bertz CT molecular complexity index is 1190. The summed E-state index contributed by atoms with van der Waals surface area (Å²) in [5.74, 6) is -0.381. The van der Waals surface area contributed by atoms with Gasteiger partial charge in [0.25, 0.3) is 0 Å². The molecular formula is C25H33FN2O4S2. The molecule has 0 fully saturated rings. The summed E-state index contributed by atoms with van der Waals surface area (Å²) in [6.07, 6.45) is 7.71. The molecule has 9 heteroatoms. The zero-order valence-corrected chi connectivity index (χ0v) is 21.3. The first-order valence-corrected chi connectivity index (χ1v) is 14.6. The van der Waals surface area contributed by atoms with Crippen LogP contribution in [0, 0.1) is 5.82 Å². The highest BCUT2D eigenvalue weighted by Crippen LogP contribution is 2.25. The van der Waals surface area contributed by atoms with E-state index < -0.39 is 20.0 Å². The molecule has 0 radical (unpaired) electrons. The summed E-state index contributed by atoms with van der Waals surface area (Å²) in [6, 6.07) is 10.8. The fourth-order valence-electron chi connectivity index (χ4n) is 3.83. The van der Waals surface area contributed by atoms with Crippen LogP contribution in [0.25, 0.3) is 0 Å². The molecule has 0 saturated carbocycles. The van der Waals surface area contributed by atoms with Gasteiger partial charge in [-0.1, -0.05) is 30.7 Å². The fraction of sp³-hybridized carbons (Fsp3) is 0.440. The maximum absolute atomic E-state index is 13.5. The molecule has 0 bridgehead atoms. The van der Waals surface area contributed by atoms with Crippen molar-refractivity contribution in [2.45, 2.75) is 74.7 Å². The van der Waals surface area contributed by atoms with Gasteiger partial charge in [-0.15, -0.1) is 0 Å². The predicted octanol–water partition coefficient (Wildman–Crippen LogP) is 4.98. The molecule has 186 valence electrons. The van der Waals surface area contributed by atoms with E-state index in [2.05, 4.69) is 10.8 Å². The fourth-order valence-corrected chi connectivity index (χ4v) is 6.59. The Labute approximate surface area is 203 Å². The Morgan fingerprint density at radius 3 is 2.21 bits per heavy atom. The molecule has 1 N–H and O–H groups in total. The number of halogens is 1. The molecule has 0 unspecified atom stereocenters. The van der Waals surface area contributed by atoms with Crippen LogP contribution in [0.1, 0.15) is 57.9 Å². The summed E-state index contributed by atoms with van der Waals surface area (Å²) in [5, 5.41) is 0. The second kappa shape index (κ2) is 11.6. The largest absolute Gasteiger partial charge is 0.243 e. The quantitative estimate of drug-likeness (QED) is 0.434. The van der Waals surface area contributed by atoms with Crippen LogP contribution in [0.5, 0.6) is 0 Å². The van der Waals surface area contributed by atoms with E-state index in [1.807, 2.05) is 6.92 Å². The molecule has 0 spiro atoms. The number of hydrogen-bond acceptors (Lipinski definition) is 4. The third kappa shape index (κ3) is 6.97. The average Bonchev–Trinajstić information content (AvgIpc) is 2.83. The minimum absolute atomic E-state index is 0.0178. The minimum atomic E-state index is -3.90. The monoisotopic (exact) mass is 508 g/mol. The van der Waals surface area contributed by atoms with Crippen LogP contribution in [-0.2, 0) is 26.6 Å². The minimum Gasteiger partial charge on any atom is -0.208 e. The van der Waals surface area contributed by atoms with Crippen molar-refractivity contribution in [3.05, 3.63) is 71.6 Å². The Morgan fingerprint density at radius 2 is 1.62 bits per heavy atom. The van der Waals surface area contributed by atoms with E-state index >= 15 is 0 Å². The lowest BCUT2D eigenvalue weighted by Gasteiger charge is -2.24. The van der Waals surface area contributed by atoms with Gasteiger partial charge in [-0.3, -0.25) is 0 Å². The molecule has 1 atom stereocenters. The van der Waals surface area contributed by atoms with Crippen LogP contribution >= 0.6 is 0 Å². The van der Waals surface area contributed by atoms with Gasteiger partial charge >= 0.3 is 0 Å². The molecule has 1 aliphatic carbocycles. The highest BCUT2D eigenvalue weighted by molar-refractivity contribution is 7.89. The molecule has 0 heterocycles. The summed E-state index contributed by atoms with van der Waals surface area (Å²) < 4.78 is 69.4. The van der Waals surface area contributed by atoms with Crippen LogP contribution in [0.2, 0.25) is 0 Å². The van der Waals surface area contributed by atoms with Gasteiger partial charge in [-0.25, -0.2) is 25.9 Å². The molecule has 0 aromatic heterocycles. The molecule has 3 rings (SSSR count). The van der Waals surface area contributed by atoms with Crippen LogP contribution in [0.3, 0.4) is 0 Å². The Hall–Kier alpha value is -2.07. The third-order valence-corrected chi connectivity index (χ3v) is 9.54. The van der Waals surface area contributed by atoms with Crippen LogP contribution in [-0.4, -0.2) is 33.7 Å². The normalized spacial score (nSPS) is 15.8. The van der Waals surface area contributed by atoms with Crippen molar-refractivity contribution in [2.24, 2.45) is 0 Å². The van der Waals surface area contributed by atoms with Crippen molar-refractivity contribution in [3.8, 4) is 0 Å². The Morgan fingerprint density at radius 1 is 0.971 bits per heavy atom. The highest BCUT2D eigenvalue weighted by Gasteiger charge is 2.26. The van der Waals surface area contributed by atoms with E-state index in [0.717, 1.165) is 25.7 Å². The zero-order chi connectivity index (χ0) is 24.8. The van der Waals surface area contributed by atoms with Crippen molar-refractivity contribution < 1.29 is 21.2 Å². The predicted molar refractivity (Wildman–Crippen MR) is 132 cm³/mol. The Balaban J connectivity index is 1.85. The Kier molecular flexibility index (Phi) is 9.03. The molecule has 34 heavy (non-hydrogen) atoms. The standard InChI is InChI=1S/C25H33FN2O4S2/c1-3-20(2)27-33(29,30)24-13-15-25(16-14-24)34(31,32)28(18-17-21-7-5-4-6-8-21)19-22-9-11-23(26)12-10-22/h7,9-16,20,27H,3-6,8,17-19H2,1-2H3/t20-/m0/s1. The van der Waals surface area contributed by atoms with E-state index in [-0.39, 0.29) is 28.2 Å². The maximum atomic E-state index is 13.5. The lowest BCUT2D eigenvalue weighted by atomic mass is 9.97. The number of allylic oxidation sites excluding steroid dienone is 1. The molecule has 0 amide bonds. The lowest BCUT2D eigenvalue weighted by Crippen LogP contribution is -2.33. The summed E-state index contributed by atoms with van der Waals surface area (Å²) in [6.45, 7) is 4.04. The zero-order valence-electron chi connectivity index (χ0n) is 19.7. The molecule has 0 aliphatic heterocycles. The molecule has 1 aliphatic rings. The van der Waals surface area contributed by atoms with E-state index in [1.165, 1.54) is 46.3 Å². The first kappa shape index (κ1) is 26.5. The van der Waals surface area contributed by atoms with E-state index in [9.17, 15) is 21.2 Å². The number of nitrogens with one attached hydrogen (secondary N) is 1. The molecule has 0 saturated heterocycles. The summed E-state index contributed by atoms with van der Waals surface area (Å²) in [5.41, 5.74) is 1.93. The smallest absolute Gasteiger partial charge is 0.208 e. The van der Waals surface area contributed by atoms with Gasteiger partial charge in [0.1, 0.15) is 5.82 Å². The average molecular weight is 509 g/mol. The molecule has 2 aromatic rings. The van der Waals surface area contributed by atoms with Crippen molar-refractivity contribution in [2.75, 3.05) is 6.54 Å². The van der Waals surface area contributed by atoms with E-state index in [4.69, 9.17) is 0 Å². The summed E-state index contributed by atoms with van der Waals surface area (Å²) >= 11 is 0. The van der Waals surface area contributed by atoms with Gasteiger partial charge in [0.05, 0.1) is 9.79 Å². The van der Waals surface area contributed by atoms with E-state index in [1.54, 1.807) is 19.1 Å². The summed E-state index contributed by atoms with van der Waals surface area (Å²) in [7, 11) is -7.64. The molecular weight excluding hydrogens is 475 g/mol. The third-order valence-electron chi connectivity index (χ3n) is 6.08. The number of hydrogen-bond donors (Lipinski definition) is 1. The second-order valence-electron chi connectivity index (χ2n) is 8.73. The maximum Gasteiger partial charge on any atom is 0.243 e. The van der Waals surface area contributed by atoms with Gasteiger partial charge in [0.15, 0.2) is 0 Å².